The first-order valence-corrected chi connectivity index (χ1v) is 16.9. The van der Waals surface area contributed by atoms with Gasteiger partial charge in [0, 0.05) is 61.4 Å². The summed E-state index contributed by atoms with van der Waals surface area (Å²) in [4.78, 5) is 21.6. The van der Waals surface area contributed by atoms with E-state index in [1.807, 2.05) is 0 Å². The van der Waals surface area contributed by atoms with Crippen molar-refractivity contribution in [1.82, 2.24) is 19.6 Å². The molecule has 0 aliphatic carbocycles. The molecular formula is C33H62N6. The van der Waals surface area contributed by atoms with Gasteiger partial charge in [0.25, 0.3) is 0 Å². The van der Waals surface area contributed by atoms with Gasteiger partial charge in [0.2, 0.25) is 0 Å². The Morgan fingerprint density at radius 2 is 0.615 bits per heavy atom. The van der Waals surface area contributed by atoms with Crippen LogP contribution in [0.25, 0.3) is 0 Å². The highest BCUT2D eigenvalue weighted by molar-refractivity contribution is 5.82. The lowest BCUT2D eigenvalue weighted by Crippen LogP contribution is -2.59. The fourth-order valence-electron chi connectivity index (χ4n) is 8.28. The van der Waals surface area contributed by atoms with Crippen LogP contribution in [0.4, 0.5) is 0 Å². The van der Waals surface area contributed by atoms with Gasteiger partial charge in [-0.25, -0.2) is 0 Å². The lowest BCUT2D eigenvalue weighted by atomic mass is 9.95. The van der Waals surface area contributed by atoms with Gasteiger partial charge in [-0.05, 0) is 139 Å². The first-order chi connectivity index (χ1) is 18.7. The fourth-order valence-corrected chi connectivity index (χ4v) is 8.28. The highest BCUT2D eigenvalue weighted by Crippen LogP contribution is 2.31. The van der Waals surface area contributed by atoms with Crippen molar-refractivity contribution in [2.45, 2.75) is 187 Å². The third-order valence-corrected chi connectivity index (χ3v) is 10.5. The van der Waals surface area contributed by atoms with E-state index in [0.717, 1.165) is 19.5 Å². The number of hydrogen-bond donors (Lipinski definition) is 0. The van der Waals surface area contributed by atoms with Gasteiger partial charge < -0.3 is 19.6 Å². The number of likely N-dealkylation sites (tertiary alicyclic amines) is 4. The van der Waals surface area contributed by atoms with Gasteiger partial charge in [-0.2, -0.15) is 0 Å². The molecule has 0 saturated carbocycles. The molecule has 4 fully saturated rings. The lowest BCUT2D eigenvalue weighted by molar-refractivity contribution is 0.117. The van der Waals surface area contributed by atoms with Crippen molar-refractivity contribution in [3.8, 4) is 0 Å². The topological polar surface area (TPSA) is 37.7 Å². The van der Waals surface area contributed by atoms with Crippen molar-refractivity contribution >= 4 is 11.9 Å². The summed E-state index contributed by atoms with van der Waals surface area (Å²) >= 11 is 0. The van der Waals surface area contributed by atoms with Crippen molar-refractivity contribution in [3.63, 3.8) is 0 Å². The monoisotopic (exact) mass is 543 g/mol. The highest BCUT2D eigenvalue weighted by Gasteiger charge is 2.37. The molecule has 0 aromatic rings. The molecule has 0 N–H and O–H groups in total. The third-order valence-electron chi connectivity index (χ3n) is 10.5. The smallest absolute Gasteiger partial charge is 0.197 e. The van der Waals surface area contributed by atoms with Crippen LogP contribution in [0.2, 0.25) is 0 Å². The van der Waals surface area contributed by atoms with Crippen LogP contribution < -0.4 is 0 Å². The second-order valence-electron chi connectivity index (χ2n) is 13.9. The van der Waals surface area contributed by atoms with Gasteiger partial charge in [0.05, 0.1) is 0 Å². The molecule has 4 heterocycles. The summed E-state index contributed by atoms with van der Waals surface area (Å²) in [6.45, 7) is 21.1. The van der Waals surface area contributed by atoms with E-state index in [9.17, 15) is 0 Å². The van der Waals surface area contributed by atoms with Crippen LogP contribution in [0, 0.1) is 0 Å². The molecule has 0 bridgehead atoms. The zero-order valence-electron chi connectivity index (χ0n) is 26.9. The number of piperidine rings is 4. The van der Waals surface area contributed by atoms with Crippen molar-refractivity contribution in [3.05, 3.63) is 0 Å². The predicted octanol–water partition coefficient (Wildman–Crippen LogP) is 7.14. The van der Waals surface area contributed by atoms with E-state index in [4.69, 9.17) is 9.98 Å². The van der Waals surface area contributed by atoms with E-state index >= 15 is 0 Å². The second-order valence-corrected chi connectivity index (χ2v) is 13.9. The minimum absolute atomic E-state index is 0.572. The average Bonchev–Trinajstić information content (AvgIpc) is 2.87. The molecule has 6 heteroatoms. The maximum Gasteiger partial charge on any atom is 0.197 e. The molecular weight excluding hydrogens is 480 g/mol. The fraction of sp³-hybridized carbons (Fsp3) is 0.939. The third kappa shape index (κ3) is 7.07. The summed E-state index contributed by atoms with van der Waals surface area (Å²) in [5, 5.41) is 0. The molecule has 4 aliphatic rings. The van der Waals surface area contributed by atoms with E-state index in [1.54, 1.807) is 0 Å². The molecule has 0 aromatic heterocycles. The van der Waals surface area contributed by atoms with Gasteiger partial charge in [0.15, 0.2) is 11.9 Å². The van der Waals surface area contributed by atoms with E-state index in [0.29, 0.717) is 48.3 Å². The van der Waals surface area contributed by atoms with Crippen LogP contribution in [0.3, 0.4) is 0 Å². The van der Waals surface area contributed by atoms with Crippen LogP contribution in [-0.4, -0.2) is 92.9 Å². The molecule has 0 unspecified atom stereocenters. The first-order valence-electron chi connectivity index (χ1n) is 16.9. The normalized spacial score (nSPS) is 36.1. The Hall–Kier alpha value is -1.46. The van der Waals surface area contributed by atoms with Crippen LogP contribution in [0.1, 0.15) is 139 Å². The summed E-state index contributed by atoms with van der Waals surface area (Å²) < 4.78 is 0. The van der Waals surface area contributed by atoms with Crippen molar-refractivity contribution in [1.29, 1.82) is 0 Å². The zero-order valence-corrected chi connectivity index (χ0v) is 26.9. The Bertz CT molecular complexity index is 663. The second kappa shape index (κ2) is 13.9. The van der Waals surface area contributed by atoms with E-state index in [2.05, 4.69) is 75.0 Å². The molecule has 224 valence electrons. The Morgan fingerprint density at radius 3 is 0.821 bits per heavy atom. The summed E-state index contributed by atoms with van der Waals surface area (Å²) in [5.74, 6) is 2.57. The van der Waals surface area contributed by atoms with Crippen molar-refractivity contribution in [2.75, 3.05) is 13.1 Å². The Balaban J connectivity index is 1.53. The van der Waals surface area contributed by atoms with E-state index < -0.39 is 0 Å². The summed E-state index contributed by atoms with van der Waals surface area (Å²) in [7, 11) is 0. The maximum absolute atomic E-state index is 5.43. The van der Waals surface area contributed by atoms with Gasteiger partial charge in [0.1, 0.15) is 0 Å². The van der Waals surface area contributed by atoms with Gasteiger partial charge in [-0.1, -0.05) is 0 Å². The molecule has 0 amide bonds. The van der Waals surface area contributed by atoms with E-state index in [1.165, 1.54) is 89.0 Å². The summed E-state index contributed by atoms with van der Waals surface area (Å²) in [5.41, 5.74) is 0. The molecule has 4 saturated heterocycles. The standard InChI is InChI=1S/C33H62N6/c1-24-14-9-15-25(2)36(24)32(37-26(3)16-10-17-27(37)4)34-22-13-23-35-33(38-28(5)18-11-19-29(38)6)39-30(7)20-12-21-31(39)8/h24-31H,9-23H2,1-8H3/t24-,25+,26-,27+,28-,29+,30-,31+. The molecule has 6 nitrogen and oxygen atoms in total. The molecule has 39 heavy (non-hydrogen) atoms. The molecule has 8 atom stereocenters. The van der Waals surface area contributed by atoms with Crippen LogP contribution in [0.15, 0.2) is 9.98 Å². The number of hydrogen-bond acceptors (Lipinski definition) is 2. The zero-order chi connectivity index (χ0) is 28.1. The number of nitrogens with zero attached hydrogens (tertiary/aromatic N) is 6. The molecule has 0 radical (unpaired) electrons. The van der Waals surface area contributed by atoms with Crippen LogP contribution in [0.5, 0.6) is 0 Å². The van der Waals surface area contributed by atoms with Crippen LogP contribution in [-0.2, 0) is 0 Å². The van der Waals surface area contributed by atoms with Gasteiger partial charge >= 0.3 is 0 Å². The molecule has 0 spiro atoms. The Morgan fingerprint density at radius 1 is 0.410 bits per heavy atom. The van der Waals surface area contributed by atoms with Crippen molar-refractivity contribution < 1.29 is 0 Å². The Labute approximate surface area is 241 Å². The van der Waals surface area contributed by atoms with Gasteiger partial charge in [-0.15, -0.1) is 0 Å². The minimum atomic E-state index is 0.572. The number of aliphatic imine (C=N–C) groups is 2. The maximum atomic E-state index is 5.43. The van der Waals surface area contributed by atoms with Crippen molar-refractivity contribution in [2.24, 2.45) is 9.98 Å². The first kappa shape index (κ1) is 30.5. The number of rotatable bonds is 4. The minimum Gasteiger partial charge on any atom is -0.337 e. The highest BCUT2D eigenvalue weighted by atomic mass is 15.4. The lowest BCUT2D eigenvalue weighted by Gasteiger charge is -2.50. The molecule has 4 rings (SSSR count). The summed E-state index contributed by atoms with van der Waals surface area (Å²) in [6.07, 6.45) is 16.7. The predicted molar refractivity (Wildman–Crippen MR) is 168 cm³/mol. The van der Waals surface area contributed by atoms with E-state index in [-0.39, 0.29) is 0 Å². The van der Waals surface area contributed by atoms with Crippen LogP contribution >= 0.6 is 0 Å². The SMILES string of the molecule is C[C@@H]1CCC[C@H](C)N1C(=NCCCN=C(N1[C@H](C)CCC[C@@H]1C)N1[C@H](C)CCC[C@@H]1C)N1[C@H](C)CCC[C@@H]1C. The Kier molecular flexibility index (Phi) is 10.9. The largest absolute Gasteiger partial charge is 0.337 e. The van der Waals surface area contributed by atoms with Gasteiger partial charge in [-0.3, -0.25) is 9.98 Å². The summed E-state index contributed by atoms with van der Waals surface area (Å²) in [6, 6.07) is 4.57. The number of guanidine groups is 2. The quantitative estimate of drug-likeness (QED) is 0.215. The molecule has 4 aliphatic heterocycles. The average molecular weight is 543 g/mol. The molecule has 0 aromatic carbocycles.